The number of urea groups is 1. The van der Waals surface area contributed by atoms with Crippen LogP contribution in [0.25, 0.3) is 0 Å². The van der Waals surface area contributed by atoms with Gasteiger partial charge in [0.2, 0.25) is 0 Å². The minimum absolute atomic E-state index is 0.0307. The van der Waals surface area contributed by atoms with Crippen molar-refractivity contribution in [3.8, 4) is 0 Å². The molecule has 2 aromatic carbocycles. The minimum Gasteiger partial charge on any atom is -0.372 e. The van der Waals surface area contributed by atoms with Gasteiger partial charge in [0.15, 0.2) is 0 Å². The van der Waals surface area contributed by atoms with Gasteiger partial charge in [-0.05, 0) is 61.1 Å². The Balaban J connectivity index is 1.35. The number of carbonyl (C=O) groups excluding carboxylic acids is 1. The number of nitrogens with one attached hydrogen (secondary N) is 1. The van der Waals surface area contributed by atoms with Gasteiger partial charge in [0.1, 0.15) is 5.82 Å². The van der Waals surface area contributed by atoms with Gasteiger partial charge in [0.05, 0.1) is 6.04 Å². The number of nitrogens with zero attached hydrogens (tertiary/aromatic N) is 2. The van der Waals surface area contributed by atoms with Crippen molar-refractivity contribution >= 4 is 11.7 Å². The zero-order valence-electron chi connectivity index (χ0n) is 15.5. The molecule has 0 saturated carbocycles. The molecular formula is C22H26FN3O. The molecule has 0 radical (unpaired) electrons. The maximum Gasteiger partial charge on any atom is 0.318 e. The molecule has 1 N–H and O–H groups in total. The van der Waals surface area contributed by atoms with Crippen LogP contribution in [0.5, 0.6) is 0 Å². The molecule has 4 nitrogen and oxygen atoms in total. The highest BCUT2D eigenvalue weighted by Crippen LogP contribution is 2.32. The van der Waals surface area contributed by atoms with Gasteiger partial charge < -0.3 is 15.1 Å². The highest BCUT2D eigenvalue weighted by atomic mass is 19.1. The SMILES string of the molecule is O=C(NCc1ccc(N2CCCC2)cc1)N1CCCC1c1ccc(F)cc1. The molecule has 1 atom stereocenters. The van der Waals surface area contributed by atoms with Gasteiger partial charge in [-0.1, -0.05) is 24.3 Å². The van der Waals surface area contributed by atoms with Crippen molar-refractivity contribution in [2.75, 3.05) is 24.5 Å². The van der Waals surface area contributed by atoms with Crippen molar-refractivity contribution < 1.29 is 9.18 Å². The summed E-state index contributed by atoms with van der Waals surface area (Å²) in [6, 6.07) is 14.9. The van der Waals surface area contributed by atoms with Gasteiger partial charge in [-0.15, -0.1) is 0 Å². The third-order valence-corrected chi connectivity index (χ3v) is 5.62. The van der Waals surface area contributed by atoms with Crippen LogP contribution in [0, 0.1) is 5.82 Å². The van der Waals surface area contributed by atoms with E-state index in [1.807, 2.05) is 4.90 Å². The van der Waals surface area contributed by atoms with E-state index in [1.54, 1.807) is 12.1 Å². The molecule has 4 rings (SSSR count). The number of rotatable bonds is 4. The quantitative estimate of drug-likeness (QED) is 0.865. The molecule has 2 saturated heterocycles. The fourth-order valence-electron chi connectivity index (χ4n) is 4.12. The summed E-state index contributed by atoms with van der Waals surface area (Å²) in [5.41, 5.74) is 3.36. The molecule has 2 aliphatic heterocycles. The third-order valence-electron chi connectivity index (χ3n) is 5.62. The minimum atomic E-state index is -0.245. The summed E-state index contributed by atoms with van der Waals surface area (Å²) in [6.07, 6.45) is 4.43. The Kier molecular flexibility index (Phi) is 5.28. The maximum absolute atomic E-state index is 13.2. The van der Waals surface area contributed by atoms with Crippen molar-refractivity contribution in [2.45, 2.75) is 38.3 Å². The number of amides is 2. The molecule has 0 bridgehead atoms. The standard InChI is InChI=1S/C22H26FN3O/c23-19-9-7-18(8-10-19)21-4-3-15-26(21)22(27)24-16-17-5-11-20(12-6-17)25-13-1-2-14-25/h5-12,21H,1-4,13-16H2,(H,24,27). The summed E-state index contributed by atoms with van der Waals surface area (Å²) in [5, 5.41) is 3.04. The molecule has 2 heterocycles. The van der Waals surface area contributed by atoms with Gasteiger partial charge >= 0.3 is 6.03 Å². The molecule has 0 spiro atoms. The summed E-state index contributed by atoms with van der Waals surface area (Å²) in [4.78, 5) is 16.9. The fraction of sp³-hybridized carbons (Fsp3) is 0.409. The molecular weight excluding hydrogens is 341 g/mol. The number of carbonyl (C=O) groups is 1. The Morgan fingerprint density at radius 3 is 2.37 bits per heavy atom. The predicted octanol–water partition coefficient (Wildman–Crippen LogP) is 4.47. The van der Waals surface area contributed by atoms with E-state index in [1.165, 1.54) is 30.7 Å². The van der Waals surface area contributed by atoms with Crippen LogP contribution in [0.3, 0.4) is 0 Å². The number of halogens is 1. The van der Waals surface area contributed by atoms with Crippen LogP contribution in [0.4, 0.5) is 14.9 Å². The summed E-state index contributed by atoms with van der Waals surface area (Å²) in [6.45, 7) is 3.53. The van der Waals surface area contributed by atoms with E-state index in [0.29, 0.717) is 6.54 Å². The highest BCUT2D eigenvalue weighted by molar-refractivity contribution is 5.75. The lowest BCUT2D eigenvalue weighted by Gasteiger charge is -2.25. The second-order valence-corrected chi connectivity index (χ2v) is 7.42. The first-order valence-corrected chi connectivity index (χ1v) is 9.84. The normalized spacial score (nSPS) is 19.5. The topological polar surface area (TPSA) is 35.6 Å². The Hall–Kier alpha value is -2.56. The molecule has 0 aliphatic carbocycles. The van der Waals surface area contributed by atoms with Crippen LogP contribution in [0.1, 0.15) is 42.9 Å². The Bertz CT molecular complexity index is 769. The Morgan fingerprint density at radius 2 is 1.67 bits per heavy atom. The zero-order chi connectivity index (χ0) is 18.6. The molecule has 0 aromatic heterocycles. The molecule has 2 fully saturated rings. The molecule has 5 heteroatoms. The lowest BCUT2D eigenvalue weighted by atomic mass is 10.0. The van der Waals surface area contributed by atoms with Crippen molar-refractivity contribution in [1.82, 2.24) is 10.2 Å². The van der Waals surface area contributed by atoms with E-state index in [9.17, 15) is 9.18 Å². The predicted molar refractivity (Wildman–Crippen MR) is 105 cm³/mol. The average molecular weight is 367 g/mol. The van der Waals surface area contributed by atoms with Crippen LogP contribution < -0.4 is 10.2 Å². The average Bonchev–Trinajstić information content (AvgIpc) is 3.39. The summed E-state index contributed by atoms with van der Waals surface area (Å²) >= 11 is 0. The van der Waals surface area contributed by atoms with Crippen molar-refractivity contribution in [2.24, 2.45) is 0 Å². The first-order chi connectivity index (χ1) is 13.2. The number of likely N-dealkylation sites (tertiary alicyclic amines) is 1. The summed E-state index contributed by atoms with van der Waals surface area (Å²) < 4.78 is 13.2. The second-order valence-electron chi connectivity index (χ2n) is 7.42. The second kappa shape index (κ2) is 7.99. The van der Waals surface area contributed by atoms with Gasteiger partial charge in [-0.3, -0.25) is 0 Å². The van der Waals surface area contributed by atoms with E-state index in [4.69, 9.17) is 0 Å². The van der Waals surface area contributed by atoms with Crippen LogP contribution >= 0.6 is 0 Å². The fourth-order valence-corrected chi connectivity index (χ4v) is 4.12. The van der Waals surface area contributed by atoms with E-state index in [2.05, 4.69) is 34.5 Å². The van der Waals surface area contributed by atoms with E-state index in [0.717, 1.165) is 43.6 Å². The van der Waals surface area contributed by atoms with Crippen molar-refractivity contribution in [1.29, 1.82) is 0 Å². The Morgan fingerprint density at radius 1 is 0.963 bits per heavy atom. The molecule has 1 unspecified atom stereocenters. The van der Waals surface area contributed by atoms with Gasteiger partial charge in [0, 0.05) is 31.9 Å². The zero-order valence-corrected chi connectivity index (χ0v) is 15.5. The molecule has 2 aromatic rings. The summed E-state index contributed by atoms with van der Waals surface area (Å²) in [5.74, 6) is -0.245. The number of benzene rings is 2. The van der Waals surface area contributed by atoms with Gasteiger partial charge in [-0.25, -0.2) is 9.18 Å². The molecule has 2 aliphatic rings. The first-order valence-electron chi connectivity index (χ1n) is 9.84. The highest BCUT2D eigenvalue weighted by Gasteiger charge is 2.29. The van der Waals surface area contributed by atoms with E-state index >= 15 is 0 Å². The smallest absolute Gasteiger partial charge is 0.318 e. The van der Waals surface area contributed by atoms with E-state index in [-0.39, 0.29) is 17.9 Å². The van der Waals surface area contributed by atoms with Crippen LogP contribution in [0.15, 0.2) is 48.5 Å². The number of hydrogen-bond donors (Lipinski definition) is 1. The number of anilines is 1. The number of hydrogen-bond acceptors (Lipinski definition) is 2. The third kappa shape index (κ3) is 4.07. The first kappa shape index (κ1) is 17.8. The lowest BCUT2D eigenvalue weighted by molar-refractivity contribution is 0.192. The molecule has 2 amide bonds. The lowest BCUT2D eigenvalue weighted by Crippen LogP contribution is -2.39. The van der Waals surface area contributed by atoms with E-state index < -0.39 is 0 Å². The van der Waals surface area contributed by atoms with Crippen molar-refractivity contribution in [3.63, 3.8) is 0 Å². The van der Waals surface area contributed by atoms with Crippen LogP contribution in [-0.4, -0.2) is 30.6 Å². The summed E-state index contributed by atoms with van der Waals surface area (Å²) in [7, 11) is 0. The van der Waals surface area contributed by atoms with Crippen molar-refractivity contribution in [3.05, 3.63) is 65.5 Å². The Labute approximate surface area is 160 Å². The largest absolute Gasteiger partial charge is 0.372 e. The maximum atomic E-state index is 13.2. The molecule has 142 valence electrons. The molecule has 27 heavy (non-hydrogen) atoms. The van der Waals surface area contributed by atoms with Crippen LogP contribution in [0.2, 0.25) is 0 Å². The van der Waals surface area contributed by atoms with Crippen LogP contribution in [-0.2, 0) is 6.54 Å². The van der Waals surface area contributed by atoms with Gasteiger partial charge in [0.25, 0.3) is 0 Å². The monoisotopic (exact) mass is 367 g/mol. The van der Waals surface area contributed by atoms with Gasteiger partial charge in [-0.2, -0.15) is 0 Å².